The molecule has 0 saturated carbocycles. The Labute approximate surface area is 126 Å². The maximum Gasteiger partial charge on any atom is 0.288 e. The van der Waals surface area contributed by atoms with E-state index >= 15 is 0 Å². The number of thiocarbonyl (C=S) groups is 1. The van der Waals surface area contributed by atoms with Crippen LogP contribution < -0.4 is 0 Å². The summed E-state index contributed by atoms with van der Waals surface area (Å²) in [7, 11) is 1.90. The quantitative estimate of drug-likeness (QED) is 0.582. The Morgan fingerprint density at radius 2 is 1.79 bits per heavy atom. The van der Waals surface area contributed by atoms with Crippen LogP contribution in [0, 0.1) is 0 Å². The van der Waals surface area contributed by atoms with E-state index in [4.69, 9.17) is 12.2 Å². The first-order valence-electron chi connectivity index (χ1n) is 6.98. The monoisotopic (exact) mass is 300 g/mol. The first kappa shape index (κ1) is 16.5. The Kier molecular flexibility index (Phi) is 7.46. The fraction of sp³-hybridized carbons (Fsp3) is 0.714. The van der Waals surface area contributed by atoms with E-state index < -0.39 is 0 Å². The molecule has 0 aromatic rings. The van der Waals surface area contributed by atoms with Crippen molar-refractivity contribution in [3.05, 3.63) is 12.2 Å². The molecule has 108 valence electrons. The molecule has 3 nitrogen and oxygen atoms in total. The van der Waals surface area contributed by atoms with Gasteiger partial charge >= 0.3 is 0 Å². The van der Waals surface area contributed by atoms with Crippen molar-refractivity contribution in [2.75, 3.05) is 20.1 Å². The Morgan fingerprint density at radius 1 is 1.26 bits per heavy atom. The van der Waals surface area contributed by atoms with E-state index in [1.54, 1.807) is 0 Å². The predicted octanol–water partition coefficient (Wildman–Crippen LogP) is 3.90. The highest BCUT2D eigenvalue weighted by Gasteiger charge is 2.22. The lowest BCUT2D eigenvalue weighted by atomic mass is 10.1. The van der Waals surface area contributed by atoms with Gasteiger partial charge in [0.2, 0.25) is 0 Å². The second kappa shape index (κ2) is 8.59. The average Bonchev–Trinajstić information content (AvgIpc) is 2.68. The Balaban J connectivity index is 2.50. The summed E-state index contributed by atoms with van der Waals surface area (Å²) in [6, 6.07) is 0.342. The molecular weight excluding hydrogens is 276 g/mol. The van der Waals surface area contributed by atoms with Gasteiger partial charge < -0.3 is 9.80 Å². The molecular formula is C14H24N2OS2. The van der Waals surface area contributed by atoms with Gasteiger partial charge in [0.25, 0.3) is 5.24 Å². The molecule has 0 aromatic carbocycles. The summed E-state index contributed by atoms with van der Waals surface area (Å²) in [6.07, 6.45) is 8.66. The van der Waals surface area contributed by atoms with Gasteiger partial charge in [0.05, 0.1) is 0 Å². The zero-order chi connectivity index (χ0) is 14.3. The summed E-state index contributed by atoms with van der Waals surface area (Å²) in [4.78, 5) is 16.2. The molecule has 0 bridgehead atoms. The van der Waals surface area contributed by atoms with Crippen molar-refractivity contribution in [1.29, 1.82) is 0 Å². The van der Waals surface area contributed by atoms with Gasteiger partial charge in [0.15, 0.2) is 0 Å². The molecule has 0 saturated heterocycles. The molecule has 0 fully saturated rings. The van der Waals surface area contributed by atoms with Crippen LogP contribution in [0.5, 0.6) is 0 Å². The minimum atomic E-state index is 0.0730. The van der Waals surface area contributed by atoms with Crippen molar-refractivity contribution in [1.82, 2.24) is 9.80 Å². The van der Waals surface area contributed by atoms with Crippen molar-refractivity contribution >= 4 is 33.5 Å². The Bertz CT molecular complexity index is 330. The van der Waals surface area contributed by atoms with E-state index in [1.807, 2.05) is 16.8 Å². The van der Waals surface area contributed by atoms with Gasteiger partial charge in [-0.2, -0.15) is 0 Å². The normalized spacial score (nSPS) is 15.9. The molecule has 0 heterocycles. The molecule has 0 radical (unpaired) electrons. The molecule has 1 aliphatic rings. The first-order valence-corrected chi connectivity index (χ1v) is 8.21. The summed E-state index contributed by atoms with van der Waals surface area (Å²) >= 11 is 6.52. The van der Waals surface area contributed by atoms with Crippen molar-refractivity contribution < 1.29 is 4.79 Å². The van der Waals surface area contributed by atoms with Crippen molar-refractivity contribution in [2.45, 2.75) is 45.6 Å². The van der Waals surface area contributed by atoms with Crippen LogP contribution in [-0.4, -0.2) is 45.5 Å². The summed E-state index contributed by atoms with van der Waals surface area (Å²) in [5.41, 5.74) is 0. The number of amides is 1. The summed E-state index contributed by atoms with van der Waals surface area (Å²) in [6.45, 7) is 5.82. The molecule has 19 heavy (non-hydrogen) atoms. The van der Waals surface area contributed by atoms with E-state index in [1.165, 1.54) is 11.8 Å². The molecule has 0 aliphatic heterocycles. The van der Waals surface area contributed by atoms with Crippen LogP contribution in [0.15, 0.2) is 12.2 Å². The van der Waals surface area contributed by atoms with Gasteiger partial charge in [-0.1, -0.05) is 24.4 Å². The fourth-order valence-corrected chi connectivity index (χ4v) is 3.49. The first-order chi connectivity index (χ1) is 9.10. The third kappa shape index (κ3) is 5.15. The van der Waals surface area contributed by atoms with Crippen LogP contribution in [0.4, 0.5) is 4.79 Å². The summed E-state index contributed by atoms with van der Waals surface area (Å²) in [5.74, 6) is 0. The van der Waals surface area contributed by atoms with Gasteiger partial charge in [-0.15, -0.1) is 0 Å². The Hall–Kier alpha value is -0.550. The van der Waals surface area contributed by atoms with Crippen molar-refractivity contribution in [3.8, 4) is 0 Å². The van der Waals surface area contributed by atoms with E-state index in [2.05, 4.69) is 26.0 Å². The maximum absolute atomic E-state index is 12.3. The van der Waals surface area contributed by atoms with Gasteiger partial charge in [-0.25, -0.2) is 0 Å². The van der Waals surface area contributed by atoms with E-state index in [-0.39, 0.29) is 5.24 Å². The molecule has 0 spiro atoms. The number of nitrogens with zero attached hydrogens (tertiary/aromatic N) is 2. The van der Waals surface area contributed by atoms with Crippen LogP contribution in [0.25, 0.3) is 0 Å². The van der Waals surface area contributed by atoms with Gasteiger partial charge in [-0.05, 0) is 39.5 Å². The highest BCUT2D eigenvalue weighted by molar-refractivity contribution is 8.32. The van der Waals surface area contributed by atoms with E-state index in [0.717, 1.165) is 38.8 Å². The van der Waals surface area contributed by atoms with Crippen LogP contribution in [-0.2, 0) is 0 Å². The second-order valence-corrected chi connectivity index (χ2v) is 6.28. The topological polar surface area (TPSA) is 23.6 Å². The number of thioether (sulfide) groups is 1. The smallest absolute Gasteiger partial charge is 0.288 e. The highest BCUT2D eigenvalue weighted by atomic mass is 32.2. The lowest BCUT2D eigenvalue weighted by Gasteiger charge is -2.28. The van der Waals surface area contributed by atoms with Gasteiger partial charge in [0, 0.05) is 37.9 Å². The third-order valence-corrected chi connectivity index (χ3v) is 4.94. The molecule has 0 aromatic heterocycles. The average molecular weight is 300 g/mol. The van der Waals surface area contributed by atoms with Gasteiger partial charge in [-0.3, -0.25) is 4.79 Å². The minimum Gasteiger partial charge on any atom is -0.358 e. The second-order valence-electron chi connectivity index (χ2n) is 4.70. The number of hydrogen-bond acceptors (Lipinski definition) is 3. The summed E-state index contributed by atoms with van der Waals surface area (Å²) in [5, 5.41) is 0.0730. The molecule has 5 heteroatoms. The zero-order valence-corrected chi connectivity index (χ0v) is 13.7. The molecule has 0 atom stereocenters. The number of allylic oxidation sites excluding steroid dienone is 2. The van der Waals surface area contributed by atoms with E-state index in [9.17, 15) is 4.79 Å². The third-order valence-electron chi connectivity index (χ3n) is 3.53. The van der Waals surface area contributed by atoms with Crippen LogP contribution >= 0.6 is 24.0 Å². The minimum absolute atomic E-state index is 0.0730. The van der Waals surface area contributed by atoms with Crippen molar-refractivity contribution in [3.63, 3.8) is 0 Å². The largest absolute Gasteiger partial charge is 0.358 e. The van der Waals surface area contributed by atoms with Crippen LogP contribution in [0.2, 0.25) is 0 Å². The molecule has 1 amide bonds. The lowest BCUT2D eigenvalue weighted by Crippen LogP contribution is -2.36. The number of carbonyl (C=O) groups is 1. The zero-order valence-electron chi connectivity index (χ0n) is 12.1. The number of rotatable bonds is 3. The molecule has 1 aliphatic carbocycles. The van der Waals surface area contributed by atoms with Crippen molar-refractivity contribution in [2.24, 2.45) is 0 Å². The molecule has 0 unspecified atom stereocenters. The number of hydrogen-bond donors (Lipinski definition) is 0. The standard InChI is InChI=1S/C14H24N2OS2/c1-4-16(5-2)14(18)19-13(17)15(3)12-10-8-6-7-9-11-12/h6-7,12H,4-5,8-11H2,1-3H3. The predicted molar refractivity (Wildman–Crippen MR) is 87.7 cm³/mol. The Morgan fingerprint density at radius 3 is 2.26 bits per heavy atom. The molecule has 1 rings (SSSR count). The van der Waals surface area contributed by atoms with Gasteiger partial charge in [0.1, 0.15) is 4.32 Å². The summed E-state index contributed by atoms with van der Waals surface area (Å²) < 4.78 is 0.689. The van der Waals surface area contributed by atoms with E-state index in [0.29, 0.717) is 10.4 Å². The van der Waals surface area contributed by atoms with Crippen LogP contribution in [0.3, 0.4) is 0 Å². The van der Waals surface area contributed by atoms with Crippen LogP contribution in [0.1, 0.15) is 39.5 Å². The lowest BCUT2D eigenvalue weighted by molar-refractivity contribution is 0.209. The maximum atomic E-state index is 12.3. The number of carbonyl (C=O) groups excluding carboxylic acids is 1. The fourth-order valence-electron chi connectivity index (χ4n) is 2.19. The molecule has 0 N–H and O–H groups in total. The SMILES string of the molecule is CCN(CC)C(=S)SC(=O)N(C)C1CCC=CCC1. The highest BCUT2D eigenvalue weighted by Crippen LogP contribution is 2.21.